The van der Waals surface area contributed by atoms with Gasteiger partial charge in [0.1, 0.15) is 5.69 Å². The third-order valence-electron chi connectivity index (χ3n) is 4.46. The monoisotopic (exact) mass is 349 g/mol. The molecule has 0 fully saturated rings. The molecule has 0 aliphatic carbocycles. The van der Waals surface area contributed by atoms with E-state index in [1.54, 1.807) is 17.7 Å². The van der Waals surface area contributed by atoms with E-state index >= 15 is 0 Å². The van der Waals surface area contributed by atoms with Crippen molar-refractivity contribution in [3.63, 3.8) is 0 Å². The molecule has 1 aliphatic rings. The first-order chi connectivity index (χ1) is 11.9. The number of carbonyl (C=O) groups is 1. The fraction of sp³-hybridized carbons (Fsp3) is 0.312. The second-order valence-electron chi connectivity index (χ2n) is 5.96. The minimum Gasteiger partial charge on any atom is -0.340 e. The summed E-state index contributed by atoms with van der Waals surface area (Å²) in [7, 11) is 1.80. The average molecular weight is 349 g/mol. The number of para-hydroxylation sites is 1. The first kappa shape index (κ1) is 15.7. The first-order valence-electron chi connectivity index (χ1n) is 7.69. The van der Waals surface area contributed by atoms with E-state index in [0.29, 0.717) is 5.69 Å². The quantitative estimate of drug-likeness (QED) is 0.678. The van der Waals surface area contributed by atoms with Gasteiger partial charge in [0.05, 0.1) is 6.54 Å². The molecule has 0 atom stereocenters. The van der Waals surface area contributed by atoms with Crippen LogP contribution in [0.1, 0.15) is 22.1 Å². The van der Waals surface area contributed by atoms with Crippen molar-refractivity contribution < 1.29 is 18.0 Å². The zero-order valence-electron chi connectivity index (χ0n) is 13.3. The molecule has 1 aromatic carbocycles. The summed E-state index contributed by atoms with van der Waals surface area (Å²) in [6.45, 7) is 0.199. The van der Waals surface area contributed by atoms with E-state index < -0.39 is 12.0 Å². The zero-order valence-corrected chi connectivity index (χ0v) is 13.3. The van der Waals surface area contributed by atoms with Gasteiger partial charge < -0.3 is 14.0 Å². The summed E-state index contributed by atoms with van der Waals surface area (Å²) in [5.41, 5.74) is 1.41. The molecular weight excluding hydrogens is 335 g/mol. The Balaban J connectivity index is 1.64. The van der Waals surface area contributed by atoms with Crippen LogP contribution < -0.4 is 0 Å². The van der Waals surface area contributed by atoms with E-state index in [1.165, 1.54) is 4.90 Å². The van der Waals surface area contributed by atoms with E-state index in [2.05, 4.69) is 10.2 Å². The number of alkyl halides is 3. The zero-order chi connectivity index (χ0) is 17.8. The van der Waals surface area contributed by atoms with Crippen molar-refractivity contribution in [2.45, 2.75) is 19.3 Å². The van der Waals surface area contributed by atoms with Gasteiger partial charge >= 0.3 is 6.18 Å². The van der Waals surface area contributed by atoms with E-state index in [1.807, 2.05) is 24.3 Å². The van der Waals surface area contributed by atoms with Crippen molar-refractivity contribution in [2.75, 3.05) is 6.54 Å². The second-order valence-corrected chi connectivity index (χ2v) is 5.96. The van der Waals surface area contributed by atoms with Crippen molar-refractivity contribution in [1.82, 2.24) is 24.2 Å². The summed E-state index contributed by atoms with van der Waals surface area (Å²) in [5.74, 6) is -1.11. The molecule has 6 nitrogen and oxygen atoms in total. The normalized spacial score (nSPS) is 14.8. The number of nitrogens with zero attached hydrogens (tertiary/aromatic N) is 5. The van der Waals surface area contributed by atoms with Gasteiger partial charge in [-0.3, -0.25) is 4.79 Å². The van der Waals surface area contributed by atoms with Gasteiger partial charge in [-0.05, 0) is 12.1 Å². The molecule has 0 radical (unpaired) electrons. The number of benzene rings is 1. The highest BCUT2D eigenvalue weighted by Gasteiger charge is 2.40. The van der Waals surface area contributed by atoms with E-state index in [9.17, 15) is 18.0 Å². The Kier molecular flexibility index (Phi) is 3.34. The smallest absolute Gasteiger partial charge is 0.340 e. The van der Waals surface area contributed by atoms with Gasteiger partial charge in [-0.1, -0.05) is 18.2 Å². The number of hydrogen-bond donors (Lipinski definition) is 0. The molecule has 9 heteroatoms. The van der Waals surface area contributed by atoms with Crippen molar-refractivity contribution in [3.8, 4) is 0 Å². The lowest BCUT2D eigenvalue weighted by Gasteiger charge is -2.28. The standard InChI is InChI=1S/C16H14F3N5O/c1-22-11-5-3-2-4-10(11)8-12(22)14(25)23-6-7-24-13(9-23)20-21-15(24)16(17,18)19/h2-5,8H,6-7,9H2,1H3. The summed E-state index contributed by atoms with van der Waals surface area (Å²) in [6, 6.07) is 9.39. The molecule has 25 heavy (non-hydrogen) atoms. The summed E-state index contributed by atoms with van der Waals surface area (Å²) >= 11 is 0. The fourth-order valence-electron chi connectivity index (χ4n) is 3.20. The van der Waals surface area contributed by atoms with Crippen LogP contribution in [-0.4, -0.2) is 36.7 Å². The number of carbonyl (C=O) groups excluding carboxylic acids is 1. The van der Waals surface area contributed by atoms with Gasteiger partial charge in [0.15, 0.2) is 5.82 Å². The van der Waals surface area contributed by atoms with Gasteiger partial charge in [-0.25, -0.2) is 0 Å². The molecular formula is C16H14F3N5O. The number of hydrogen-bond acceptors (Lipinski definition) is 3. The van der Waals surface area contributed by atoms with Crippen LogP contribution in [0.5, 0.6) is 0 Å². The SMILES string of the molecule is Cn1c(C(=O)N2CCn3c(nnc3C(F)(F)F)C2)cc2ccccc21. The Morgan fingerprint density at radius 3 is 2.64 bits per heavy atom. The molecule has 0 N–H and O–H groups in total. The van der Waals surface area contributed by atoms with Crippen LogP contribution in [0.3, 0.4) is 0 Å². The van der Waals surface area contributed by atoms with Crippen molar-refractivity contribution in [1.29, 1.82) is 0 Å². The summed E-state index contributed by atoms with van der Waals surface area (Å²) in [5, 5.41) is 7.78. The molecule has 1 amide bonds. The Labute approximate surface area is 140 Å². The molecule has 0 bridgehead atoms. The molecule has 4 rings (SSSR count). The Morgan fingerprint density at radius 1 is 1.16 bits per heavy atom. The number of aromatic nitrogens is 4. The number of rotatable bonds is 1. The van der Waals surface area contributed by atoms with Crippen LogP contribution in [0, 0.1) is 0 Å². The van der Waals surface area contributed by atoms with Gasteiger partial charge in [-0.2, -0.15) is 13.2 Å². The summed E-state index contributed by atoms with van der Waals surface area (Å²) in [4.78, 5) is 14.3. The summed E-state index contributed by atoms with van der Waals surface area (Å²) in [6.07, 6.45) is -4.55. The number of aryl methyl sites for hydroxylation is 1. The lowest BCUT2D eigenvalue weighted by atomic mass is 10.2. The highest BCUT2D eigenvalue weighted by molar-refractivity contribution is 5.98. The molecule has 0 unspecified atom stereocenters. The average Bonchev–Trinajstić information content (AvgIpc) is 3.15. The third-order valence-corrected chi connectivity index (χ3v) is 4.46. The van der Waals surface area contributed by atoms with Crippen molar-refractivity contribution in [3.05, 3.63) is 47.7 Å². The number of fused-ring (bicyclic) bond motifs is 2. The largest absolute Gasteiger partial charge is 0.451 e. The molecule has 3 heterocycles. The Hall–Kier alpha value is -2.84. The molecule has 2 aromatic heterocycles. The third kappa shape index (κ3) is 2.46. The predicted molar refractivity (Wildman–Crippen MR) is 82.7 cm³/mol. The first-order valence-corrected chi connectivity index (χ1v) is 7.69. The maximum atomic E-state index is 12.9. The lowest BCUT2D eigenvalue weighted by Crippen LogP contribution is -2.40. The van der Waals surface area contributed by atoms with E-state index in [-0.39, 0.29) is 31.4 Å². The van der Waals surface area contributed by atoms with Gasteiger partial charge in [0, 0.05) is 31.0 Å². The minimum atomic E-state index is -4.55. The Bertz CT molecular complexity index is 972. The van der Waals surface area contributed by atoms with Crippen LogP contribution in [0.4, 0.5) is 13.2 Å². The van der Waals surface area contributed by atoms with Gasteiger partial charge in [-0.15, -0.1) is 10.2 Å². The van der Waals surface area contributed by atoms with E-state index in [0.717, 1.165) is 15.5 Å². The highest BCUT2D eigenvalue weighted by Crippen LogP contribution is 2.30. The van der Waals surface area contributed by atoms with Crippen molar-refractivity contribution >= 4 is 16.8 Å². The second kappa shape index (κ2) is 5.33. The Morgan fingerprint density at radius 2 is 1.92 bits per heavy atom. The maximum Gasteiger partial charge on any atom is 0.451 e. The topological polar surface area (TPSA) is 56.0 Å². The van der Waals surface area contributed by atoms with Crippen molar-refractivity contribution in [2.24, 2.45) is 7.05 Å². The maximum absolute atomic E-state index is 12.9. The van der Waals surface area contributed by atoms with Crippen LogP contribution in [0.2, 0.25) is 0 Å². The van der Waals surface area contributed by atoms with Crippen LogP contribution >= 0.6 is 0 Å². The molecule has 0 saturated carbocycles. The molecule has 0 saturated heterocycles. The van der Waals surface area contributed by atoms with Crippen LogP contribution in [-0.2, 0) is 26.3 Å². The predicted octanol–water partition coefficient (Wildman–Crippen LogP) is 2.44. The number of amides is 1. The molecule has 130 valence electrons. The summed E-state index contributed by atoms with van der Waals surface area (Å²) < 4.78 is 41.5. The lowest BCUT2D eigenvalue weighted by molar-refractivity contribution is -0.147. The fourth-order valence-corrected chi connectivity index (χ4v) is 3.20. The number of halogens is 3. The minimum absolute atomic E-state index is 0.00341. The van der Waals surface area contributed by atoms with Gasteiger partial charge in [0.2, 0.25) is 5.82 Å². The van der Waals surface area contributed by atoms with E-state index in [4.69, 9.17) is 0 Å². The van der Waals surface area contributed by atoms with Gasteiger partial charge in [0.25, 0.3) is 5.91 Å². The molecule has 3 aromatic rings. The molecule has 0 spiro atoms. The van der Waals surface area contributed by atoms with Crippen LogP contribution in [0.15, 0.2) is 30.3 Å². The highest BCUT2D eigenvalue weighted by atomic mass is 19.4. The van der Waals surface area contributed by atoms with Crippen LogP contribution in [0.25, 0.3) is 10.9 Å². The molecule has 1 aliphatic heterocycles.